The Morgan fingerprint density at radius 3 is 2.44 bits per heavy atom. The van der Waals surface area contributed by atoms with E-state index in [1.54, 1.807) is 0 Å². The summed E-state index contributed by atoms with van der Waals surface area (Å²) in [5, 5.41) is 27.4. The molecule has 0 radical (unpaired) electrons. The molecule has 4 nitrogen and oxygen atoms in total. The van der Waals surface area contributed by atoms with Gasteiger partial charge in [0.05, 0.1) is 17.4 Å². The van der Waals surface area contributed by atoms with Gasteiger partial charge in [0.15, 0.2) is 5.82 Å². The summed E-state index contributed by atoms with van der Waals surface area (Å²) in [5.41, 5.74) is 4.22. The molecule has 2 unspecified atom stereocenters. The van der Waals surface area contributed by atoms with Crippen molar-refractivity contribution in [3.8, 4) is 0 Å². The fourth-order valence-electron chi connectivity index (χ4n) is 1.34. The van der Waals surface area contributed by atoms with Gasteiger partial charge in [-0.2, -0.15) is 0 Å². The van der Waals surface area contributed by atoms with Crippen LogP contribution in [0.25, 0.3) is 0 Å². The van der Waals surface area contributed by atoms with Gasteiger partial charge in [0.1, 0.15) is 11.9 Å². The smallest absolute Gasteiger partial charge is 0.154 e. The van der Waals surface area contributed by atoms with E-state index in [1.165, 1.54) is 0 Å². The van der Waals surface area contributed by atoms with Crippen molar-refractivity contribution < 1.29 is 24.1 Å². The Morgan fingerprint density at radius 2 is 1.88 bits per heavy atom. The van der Waals surface area contributed by atoms with Gasteiger partial charge in [-0.3, -0.25) is 0 Å². The zero-order valence-corrected chi connectivity index (χ0v) is 8.40. The monoisotopic (exact) mass is 233 g/mol. The predicted molar refractivity (Wildman–Crippen MR) is 53.4 cm³/mol. The number of nitrogen functional groups attached to an aromatic ring is 1. The first kappa shape index (κ1) is 12.8. The van der Waals surface area contributed by atoms with Gasteiger partial charge >= 0.3 is 0 Å². The molecule has 0 amide bonds. The van der Waals surface area contributed by atoms with E-state index in [0.29, 0.717) is 0 Å². The van der Waals surface area contributed by atoms with Crippen molar-refractivity contribution in [1.29, 1.82) is 0 Å². The summed E-state index contributed by atoms with van der Waals surface area (Å²) in [6.07, 6.45) is -3.39. The number of hydrogen-bond donors (Lipinski definition) is 4. The lowest BCUT2D eigenvalue weighted by atomic mass is 10.0. The second-order valence-corrected chi connectivity index (χ2v) is 3.39. The summed E-state index contributed by atoms with van der Waals surface area (Å²) in [4.78, 5) is 0. The first-order valence-corrected chi connectivity index (χ1v) is 4.69. The third kappa shape index (κ3) is 2.46. The minimum atomic E-state index is -1.75. The Hall–Kier alpha value is -1.24. The number of rotatable bonds is 4. The third-order valence-corrected chi connectivity index (χ3v) is 2.24. The molecule has 2 atom stereocenters. The molecule has 1 aromatic carbocycles. The number of anilines is 1. The molecule has 1 rings (SSSR count). The Labute approximate surface area is 90.9 Å². The van der Waals surface area contributed by atoms with Crippen molar-refractivity contribution in [2.24, 2.45) is 0 Å². The molecule has 90 valence electrons. The van der Waals surface area contributed by atoms with Crippen molar-refractivity contribution in [1.82, 2.24) is 0 Å². The number of halogens is 2. The summed E-state index contributed by atoms with van der Waals surface area (Å²) >= 11 is 0. The molecule has 0 aliphatic rings. The zero-order valence-electron chi connectivity index (χ0n) is 8.40. The van der Waals surface area contributed by atoms with Gasteiger partial charge in [-0.25, -0.2) is 8.78 Å². The predicted octanol–water partition coefficient (Wildman–Crippen LogP) is 0.324. The average molecular weight is 233 g/mol. The second kappa shape index (κ2) is 5.20. The van der Waals surface area contributed by atoms with Crippen LogP contribution in [0.4, 0.5) is 14.5 Å². The molecule has 0 heterocycles. The quantitative estimate of drug-likeness (QED) is 0.564. The van der Waals surface area contributed by atoms with E-state index in [-0.39, 0.29) is 12.1 Å². The van der Waals surface area contributed by atoms with E-state index < -0.39 is 36.0 Å². The molecule has 0 aromatic heterocycles. The normalized spacial score (nSPS) is 14.8. The molecule has 0 fully saturated rings. The Kier molecular flexibility index (Phi) is 4.17. The highest BCUT2D eigenvalue weighted by molar-refractivity contribution is 5.44. The summed E-state index contributed by atoms with van der Waals surface area (Å²) in [7, 11) is 0. The van der Waals surface area contributed by atoms with Gasteiger partial charge in [0, 0.05) is 6.61 Å². The molecule has 1 aromatic rings. The zero-order chi connectivity index (χ0) is 12.3. The van der Waals surface area contributed by atoms with Gasteiger partial charge in [-0.1, -0.05) is 0 Å². The maximum Gasteiger partial charge on any atom is 0.154 e. The van der Waals surface area contributed by atoms with Crippen LogP contribution >= 0.6 is 0 Å². The van der Waals surface area contributed by atoms with E-state index in [2.05, 4.69) is 0 Å². The molecular formula is C10H13F2NO3. The molecule has 5 N–H and O–H groups in total. The second-order valence-electron chi connectivity index (χ2n) is 3.39. The van der Waals surface area contributed by atoms with E-state index in [1.807, 2.05) is 0 Å². The topological polar surface area (TPSA) is 86.7 Å². The number of aliphatic hydroxyl groups is 3. The third-order valence-electron chi connectivity index (χ3n) is 2.24. The van der Waals surface area contributed by atoms with Crippen molar-refractivity contribution in [3.63, 3.8) is 0 Å². The van der Waals surface area contributed by atoms with E-state index in [4.69, 9.17) is 10.8 Å². The van der Waals surface area contributed by atoms with Gasteiger partial charge in [-0.05, 0) is 18.6 Å². The molecule has 0 saturated carbocycles. The highest BCUT2D eigenvalue weighted by Crippen LogP contribution is 2.27. The number of hydrogen-bond acceptors (Lipinski definition) is 4. The van der Waals surface area contributed by atoms with Gasteiger partial charge in [0.25, 0.3) is 0 Å². The Bertz CT molecular complexity index is 373. The van der Waals surface area contributed by atoms with Gasteiger partial charge < -0.3 is 21.1 Å². The SMILES string of the molecule is Nc1ccc(F)c(C(O)C(O)CCO)c1F. The Balaban J connectivity index is 3.07. The van der Waals surface area contributed by atoms with E-state index >= 15 is 0 Å². The number of benzene rings is 1. The van der Waals surface area contributed by atoms with E-state index in [9.17, 15) is 19.0 Å². The highest BCUT2D eigenvalue weighted by Gasteiger charge is 2.25. The summed E-state index contributed by atoms with van der Waals surface area (Å²) in [5.74, 6) is -2.08. The maximum absolute atomic E-state index is 13.4. The van der Waals surface area contributed by atoms with Crippen molar-refractivity contribution in [2.45, 2.75) is 18.6 Å². The molecule has 0 saturated heterocycles. The standard InChI is InChI=1S/C10H13F2NO3/c11-5-1-2-6(13)9(12)8(5)10(16)7(15)3-4-14/h1-2,7,10,14-16H,3-4,13H2. The van der Waals surface area contributed by atoms with Crippen LogP contribution in [0, 0.1) is 11.6 Å². The van der Waals surface area contributed by atoms with Crippen molar-refractivity contribution >= 4 is 5.69 Å². The molecule has 0 bridgehead atoms. The van der Waals surface area contributed by atoms with Gasteiger partial charge in [-0.15, -0.1) is 0 Å². The fraction of sp³-hybridized carbons (Fsp3) is 0.400. The minimum Gasteiger partial charge on any atom is -0.396 e. The Morgan fingerprint density at radius 1 is 1.25 bits per heavy atom. The average Bonchev–Trinajstić information content (AvgIpc) is 2.24. The van der Waals surface area contributed by atoms with Crippen LogP contribution in [0.2, 0.25) is 0 Å². The number of aliphatic hydroxyl groups excluding tert-OH is 3. The van der Waals surface area contributed by atoms with Gasteiger partial charge in [0.2, 0.25) is 0 Å². The van der Waals surface area contributed by atoms with Crippen molar-refractivity contribution in [3.05, 3.63) is 29.3 Å². The van der Waals surface area contributed by atoms with Crippen LogP contribution in [-0.4, -0.2) is 28.0 Å². The molecule has 0 aliphatic heterocycles. The van der Waals surface area contributed by atoms with Crippen LogP contribution in [-0.2, 0) is 0 Å². The fourth-order valence-corrected chi connectivity index (χ4v) is 1.34. The highest BCUT2D eigenvalue weighted by atomic mass is 19.1. The van der Waals surface area contributed by atoms with E-state index in [0.717, 1.165) is 12.1 Å². The summed E-state index contributed by atoms with van der Waals surface area (Å²) in [6, 6.07) is 1.93. The van der Waals surface area contributed by atoms with Crippen molar-refractivity contribution in [2.75, 3.05) is 12.3 Å². The largest absolute Gasteiger partial charge is 0.396 e. The lowest BCUT2D eigenvalue weighted by Gasteiger charge is -2.18. The first-order chi connectivity index (χ1) is 7.49. The summed E-state index contributed by atoms with van der Waals surface area (Å²) in [6.45, 7) is -0.399. The molecule has 0 aliphatic carbocycles. The summed E-state index contributed by atoms with van der Waals surface area (Å²) < 4.78 is 26.7. The lowest BCUT2D eigenvalue weighted by Crippen LogP contribution is -2.22. The first-order valence-electron chi connectivity index (χ1n) is 4.69. The van der Waals surface area contributed by atoms with Crippen LogP contribution in [0.5, 0.6) is 0 Å². The molecule has 16 heavy (non-hydrogen) atoms. The number of nitrogens with two attached hydrogens (primary N) is 1. The lowest BCUT2D eigenvalue weighted by molar-refractivity contribution is 0.000454. The van der Waals surface area contributed by atoms with Crippen LogP contribution in [0.1, 0.15) is 18.1 Å². The minimum absolute atomic E-state index is 0.186. The van der Waals surface area contributed by atoms with Crippen LogP contribution in [0.3, 0.4) is 0 Å². The maximum atomic E-state index is 13.4. The van der Waals surface area contributed by atoms with Crippen LogP contribution < -0.4 is 5.73 Å². The molecule has 0 spiro atoms. The molecular weight excluding hydrogens is 220 g/mol. The molecule has 6 heteroatoms. The van der Waals surface area contributed by atoms with Crippen LogP contribution in [0.15, 0.2) is 12.1 Å².